The molecular formula is C13H12BrNO2S. The molecule has 0 bridgehead atoms. The fourth-order valence-corrected chi connectivity index (χ4v) is 3.13. The van der Waals surface area contributed by atoms with Crippen LogP contribution in [-0.2, 0) is 4.74 Å². The van der Waals surface area contributed by atoms with E-state index in [1.807, 2.05) is 25.1 Å². The van der Waals surface area contributed by atoms with Gasteiger partial charge in [-0.1, -0.05) is 28.1 Å². The normalized spacial score (nSPS) is 10.4. The molecule has 0 amide bonds. The van der Waals surface area contributed by atoms with E-state index in [-0.39, 0.29) is 5.97 Å². The molecule has 1 aromatic carbocycles. The van der Waals surface area contributed by atoms with Gasteiger partial charge in [-0.3, -0.25) is 0 Å². The Hall–Kier alpha value is -1.20. The highest BCUT2D eigenvalue weighted by atomic mass is 79.9. The molecule has 2 aromatic rings. The van der Waals surface area contributed by atoms with Crippen LogP contribution in [0, 0.1) is 6.92 Å². The van der Waals surface area contributed by atoms with Gasteiger partial charge >= 0.3 is 5.97 Å². The molecular weight excluding hydrogens is 314 g/mol. The molecule has 0 fully saturated rings. The average Bonchev–Trinajstić information content (AvgIpc) is 2.78. The molecule has 1 aromatic heterocycles. The summed E-state index contributed by atoms with van der Waals surface area (Å²) in [6, 6.07) is 6.04. The molecule has 0 saturated carbocycles. The molecule has 5 heteroatoms. The number of esters is 1. The molecule has 3 nitrogen and oxygen atoms in total. The zero-order chi connectivity index (χ0) is 13.1. The second kappa shape index (κ2) is 5.63. The van der Waals surface area contributed by atoms with E-state index in [0.29, 0.717) is 12.3 Å². The Balaban J connectivity index is 2.32. The molecule has 94 valence electrons. The SMILES string of the molecule is CCOC(=O)c1csc(-c2ccc(C)cc2Br)n1. The first-order valence-corrected chi connectivity index (χ1v) is 7.18. The molecule has 0 atom stereocenters. The molecule has 0 aliphatic heterocycles. The van der Waals surface area contributed by atoms with E-state index in [0.717, 1.165) is 15.0 Å². The van der Waals surface area contributed by atoms with Crippen LogP contribution in [0.25, 0.3) is 10.6 Å². The molecule has 0 unspecified atom stereocenters. The van der Waals surface area contributed by atoms with Crippen LogP contribution in [0.15, 0.2) is 28.1 Å². The van der Waals surface area contributed by atoms with Crippen LogP contribution >= 0.6 is 27.3 Å². The highest BCUT2D eigenvalue weighted by Gasteiger charge is 2.14. The molecule has 18 heavy (non-hydrogen) atoms. The van der Waals surface area contributed by atoms with Gasteiger partial charge in [0, 0.05) is 15.4 Å². The molecule has 0 aliphatic carbocycles. The number of halogens is 1. The summed E-state index contributed by atoms with van der Waals surface area (Å²) in [5.41, 5.74) is 2.53. The summed E-state index contributed by atoms with van der Waals surface area (Å²) in [5, 5.41) is 2.53. The van der Waals surface area contributed by atoms with Crippen LogP contribution in [-0.4, -0.2) is 17.6 Å². The van der Waals surface area contributed by atoms with Crippen LogP contribution in [0.4, 0.5) is 0 Å². The number of thiazole rings is 1. The van der Waals surface area contributed by atoms with Crippen LogP contribution < -0.4 is 0 Å². The third kappa shape index (κ3) is 2.79. The first kappa shape index (κ1) is 13.2. The number of benzene rings is 1. The Bertz CT molecular complexity index is 580. The lowest BCUT2D eigenvalue weighted by Gasteiger charge is -2.01. The van der Waals surface area contributed by atoms with Gasteiger partial charge in [0.1, 0.15) is 5.01 Å². The fraction of sp³-hybridized carbons (Fsp3) is 0.231. The van der Waals surface area contributed by atoms with E-state index in [2.05, 4.69) is 20.9 Å². The third-order valence-electron chi connectivity index (χ3n) is 2.34. The van der Waals surface area contributed by atoms with Crippen molar-refractivity contribution in [3.05, 3.63) is 39.3 Å². The first-order chi connectivity index (χ1) is 8.61. The van der Waals surface area contributed by atoms with Crippen LogP contribution in [0.3, 0.4) is 0 Å². The van der Waals surface area contributed by atoms with Gasteiger partial charge in [0.05, 0.1) is 6.61 Å². The fourth-order valence-electron chi connectivity index (χ4n) is 1.49. The van der Waals surface area contributed by atoms with Crippen molar-refractivity contribution in [3.8, 4) is 10.6 Å². The number of aryl methyl sites for hydroxylation is 1. The molecule has 0 radical (unpaired) electrons. The second-order valence-corrected chi connectivity index (χ2v) is 5.45. The Morgan fingerprint density at radius 2 is 2.28 bits per heavy atom. The lowest BCUT2D eigenvalue weighted by atomic mass is 10.2. The first-order valence-electron chi connectivity index (χ1n) is 5.51. The van der Waals surface area contributed by atoms with E-state index >= 15 is 0 Å². The van der Waals surface area contributed by atoms with Gasteiger partial charge in [-0.15, -0.1) is 11.3 Å². The van der Waals surface area contributed by atoms with Gasteiger partial charge < -0.3 is 4.74 Å². The quantitative estimate of drug-likeness (QED) is 0.799. The van der Waals surface area contributed by atoms with E-state index < -0.39 is 0 Å². The van der Waals surface area contributed by atoms with Crippen LogP contribution in [0.1, 0.15) is 23.0 Å². The monoisotopic (exact) mass is 325 g/mol. The molecule has 0 aliphatic rings. The Morgan fingerprint density at radius 1 is 1.50 bits per heavy atom. The summed E-state index contributed by atoms with van der Waals surface area (Å²) >= 11 is 4.95. The minimum atomic E-state index is -0.372. The molecule has 1 heterocycles. The summed E-state index contributed by atoms with van der Waals surface area (Å²) in [5.74, 6) is -0.372. The number of hydrogen-bond acceptors (Lipinski definition) is 4. The second-order valence-electron chi connectivity index (χ2n) is 3.74. The number of carbonyl (C=O) groups is 1. The van der Waals surface area contributed by atoms with Crippen molar-refractivity contribution in [2.24, 2.45) is 0 Å². The zero-order valence-electron chi connectivity index (χ0n) is 10.1. The molecule has 0 saturated heterocycles. The van der Waals surface area contributed by atoms with Crippen molar-refractivity contribution in [2.45, 2.75) is 13.8 Å². The number of nitrogens with zero attached hydrogens (tertiary/aromatic N) is 1. The average molecular weight is 326 g/mol. The third-order valence-corrected chi connectivity index (χ3v) is 3.88. The van der Waals surface area contributed by atoms with Crippen LogP contribution in [0.2, 0.25) is 0 Å². The Kier molecular flexibility index (Phi) is 4.14. The number of hydrogen-bond donors (Lipinski definition) is 0. The summed E-state index contributed by atoms with van der Waals surface area (Å²) in [7, 11) is 0. The summed E-state index contributed by atoms with van der Waals surface area (Å²) in [4.78, 5) is 15.8. The summed E-state index contributed by atoms with van der Waals surface area (Å²) < 4.78 is 5.90. The predicted octanol–water partition coefficient (Wildman–Crippen LogP) is 4.06. The van der Waals surface area contributed by atoms with E-state index in [1.54, 1.807) is 12.3 Å². The summed E-state index contributed by atoms with van der Waals surface area (Å²) in [6.07, 6.45) is 0. The minimum absolute atomic E-state index is 0.361. The maximum absolute atomic E-state index is 11.5. The van der Waals surface area contributed by atoms with E-state index in [9.17, 15) is 4.79 Å². The van der Waals surface area contributed by atoms with Gasteiger partial charge in [0.25, 0.3) is 0 Å². The number of carbonyl (C=O) groups excluding carboxylic acids is 1. The number of aromatic nitrogens is 1. The molecule has 2 rings (SSSR count). The van der Waals surface area contributed by atoms with Gasteiger partial charge in [-0.25, -0.2) is 9.78 Å². The van der Waals surface area contributed by atoms with Gasteiger partial charge in [-0.05, 0) is 25.5 Å². The van der Waals surface area contributed by atoms with Crippen LogP contribution in [0.5, 0.6) is 0 Å². The predicted molar refractivity (Wildman–Crippen MR) is 75.9 cm³/mol. The molecule has 0 N–H and O–H groups in total. The van der Waals surface area contributed by atoms with Crippen molar-refractivity contribution in [1.82, 2.24) is 4.98 Å². The van der Waals surface area contributed by atoms with Gasteiger partial charge in [0.15, 0.2) is 5.69 Å². The zero-order valence-corrected chi connectivity index (χ0v) is 12.5. The molecule has 0 spiro atoms. The maximum Gasteiger partial charge on any atom is 0.357 e. The maximum atomic E-state index is 11.5. The topological polar surface area (TPSA) is 39.2 Å². The van der Waals surface area contributed by atoms with Crippen molar-refractivity contribution < 1.29 is 9.53 Å². The van der Waals surface area contributed by atoms with Crippen molar-refractivity contribution >= 4 is 33.2 Å². The van der Waals surface area contributed by atoms with Crippen molar-refractivity contribution in [3.63, 3.8) is 0 Å². The van der Waals surface area contributed by atoms with Crippen molar-refractivity contribution in [1.29, 1.82) is 0 Å². The van der Waals surface area contributed by atoms with Gasteiger partial charge in [-0.2, -0.15) is 0 Å². The summed E-state index contributed by atoms with van der Waals surface area (Å²) in [6.45, 7) is 4.17. The highest BCUT2D eigenvalue weighted by molar-refractivity contribution is 9.10. The highest BCUT2D eigenvalue weighted by Crippen LogP contribution is 2.31. The van der Waals surface area contributed by atoms with Crippen molar-refractivity contribution in [2.75, 3.05) is 6.61 Å². The number of ether oxygens (including phenoxy) is 1. The standard InChI is InChI=1S/C13H12BrNO2S/c1-3-17-13(16)11-7-18-12(15-11)9-5-4-8(2)6-10(9)14/h4-7H,3H2,1-2H3. The van der Waals surface area contributed by atoms with E-state index in [4.69, 9.17) is 4.74 Å². The lowest BCUT2D eigenvalue weighted by molar-refractivity contribution is 0.0520. The lowest BCUT2D eigenvalue weighted by Crippen LogP contribution is -2.04. The Labute approximate surface area is 118 Å². The number of rotatable bonds is 3. The largest absolute Gasteiger partial charge is 0.461 e. The van der Waals surface area contributed by atoms with E-state index in [1.165, 1.54) is 16.9 Å². The minimum Gasteiger partial charge on any atom is -0.461 e. The van der Waals surface area contributed by atoms with Gasteiger partial charge in [0.2, 0.25) is 0 Å². The Morgan fingerprint density at radius 3 is 2.94 bits per heavy atom. The smallest absolute Gasteiger partial charge is 0.357 e.